The minimum atomic E-state index is -3.39. The number of hydrogen-bond acceptors (Lipinski definition) is 7. The van der Waals surface area contributed by atoms with Gasteiger partial charge >= 0.3 is 0 Å². The molecule has 2 aliphatic heterocycles. The van der Waals surface area contributed by atoms with Gasteiger partial charge in [-0.05, 0) is 32.4 Å². The maximum atomic E-state index is 12.6. The molecule has 2 aromatic rings. The molecule has 0 unspecified atom stereocenters. The summed E-state index contributed by atoms with van der Waals surface area (Å²) in [6.07, 6.45) is 2.45. The van der Waals surface area contributed by atoms with Crippen molar-refractivity contribution >= 4 is 15.9 Å². The van der Waals surface area contributed by atoms with Gasteiger partial charge in [-0.1, -0.05) is 11.2 Å². The third-order valence-corrected chi connectivity index (χ3v) is 7.45. The molecule has 2 fully saturated rings. The molecule has 10 heteroatoms. The number of hydrogen-bond donors (Lipinski definition) is 0. The molecule has 4 heterocycles. The van der Waals surface area contributed by atoms with Gasteiger partial charge in [-0.25, -0.2) is 8.42 Å². The predicted octanol–water partition coefficient (Wildman–Crippen LogP) is 1.04. The molecule has 2 aromatic heterocycles. The molecule has 27 heavy (non-hydrogen) atoms. The van der Waals surface area contributed by atoms with Crippen LogP contribution in [0, 0.1) is 0 Å². The van der Waals surface area contributed by atoms with Crippen LogP contribution in [0.3, 0.4) is 0 Å². The van der Waals surface area contributed by atoms with E-state index in [1.54, 1.807) is 37.1 Å². The van der Waals surface area contributed by atoms with Gasteiger partial charge in [0.05, 0.1) is 17.3 Å². The van der Waals surface area contributed by atoms with E-state index in [1.807, 2.05) is 6.07 Å². The first-order chi connectivity index (χ1) is 12.9. The van der Waals surface area contributed by atoms with Crippen LogP contribution < -0.4 is 0 Å². The number of rotatable bonds is 5. The van der Waals surface area contributed by atoms with Crippen molar-refractivity contribution < 1.29 is 17.7 Å². The van der Waals surface area contributed by atoms with Crippen LogP contribution >= 0.6 is 0 Å². The van der Waals surface area contributed by atoms with E-state index in [9.17, 15) is 13.2 Å². The maximum Gasteiger partial charge on any atom is 0.246 e. The number of nitrogens with zero attached hydrogens (tertiary/aromatic N) is 5. The Morgan fingerprint density at radius 3 is 2.81 bits per heavy atom. The van der Waals surface area contributed by atoms with Crippen LogP contribution in [-0.4, -0.2) is 62.5 Å². The lowest BCUT2D eigenvalue weighted by Crippen LogP contribution is -2.42. The smallest absolute Gasteiger partial charge is 0.246 e. The number of aromatic nitrogens is 3. The van der Waals surface area contributed by atoms with Gasteiger partial charge in [-0.15, -0.1) is 0 Å². The highest BCUT2D eigenvalue weighted by atomic mass is 32.2. The van der Waals surface area contributed by atoms with Crippen molar-refractivity contribution in [3.05, 3.63) is 30.3 Å². The number of fused-ring (bicyclic) bond motifs is 1. The minimum absolute atomic E-state index is 0.0914. The van der Waals surface area contributed by atoms with E-state index >= 15 is 0 Å². The van der Waals surface area contributed by atoms with Gasteiger partial charge in [0.1, 0.15) is 12.2 Å². The van der Waals surface area contributed by atoms with Crippen LogP contribution in [0.5, 0.6) is 0 Å². The topological polar surface area (TPSA) is 110 Å². The van der Waals surface area contributed by atoms with E-state index in [0.717, 1.165) is 0 Å². The third kappa shape index (κ3) is 3.12. The average molecular weight is 391 g/mol. The summed E-state index contributed by atoms with van der Waals surface area (Å²) in [5, 5.41) is 3.42. The molecule has 0 spiro atoms. The minimum Gasteiger partial charge on any atom is -0.337 e. The van der Waals surface area contributed by atoms with E-state index in [4.69, 9.17) is 4.52 Å². The van der Waals surface area contributed by atoms with E-state index in [-0.39, 0.29) is 31.0 Å². The Kier molecular flexibility index (Phi) is 4.47. The summed E-state index contributed by atoms with van der Waals surface area (Å²) >= 11 is 0. The van der Waals surface area contributed by atoms with Crippen LogP contribution in [0.15, 0.2) is 28.9 Å². The monoisotopic (exact) mass is 391 g/mol. The highest BCUT2D eigenvalue weighted by Crippen LogP contribution is 2.36. The molecule has 4 rings (SSSR count). The van der Waals surface area contributed by atoms with Crippen LogP contribution in [0.2, 0.25) is 0 Å². The lowest BCUT2D eigenvalue weighted by atomic mass is 10.1. The second-order valence-electron chi connectivity index (χ2n) is 7.08. The quantitative estimate of drug-likeness (QED) is 0.749. The van der Waals surface area contributed by atoms with Gasteiger partial charge in [-0.2, -0.15) is 9.29 Å². The lowest BCUT2D eigenvalue weighted by molar-refractivity contribution is -0.130. The standard InChI is InChI=1S/C17H21N5O4S/c1-11(2)27(24,25)22-8-6-13-14(22)9-16(23)21(13)10-15-19-17(20-26-15)12-5-3-4-7-18-12/h3-5,7,11,13-14H,6,8-10H2,1-2H3/t13-,14-/m0/s1. The summed E-state index contributed by atoms with van der Waals surface area (Å²) in [6, 6.07) is 4.93. The Labute approximate surface area is 157 Å². The first-order valence-corrected chi connectivity index (χ1v) is 10.4. The number of amides is 1. The van der Waals surface area contributed by atoms with Crippen molar-refractivity contribution in [2.24, 2.45) is 0 Å². The molecule has 0 aliphatic carbocycles. The summed E-state index contributed by atoms with van der Waals surface area (Å²) in [5.41, 5.74) is 0.591. The van der Waals surface area contributed by atoms with Gasteiger partial charge in [0.2, 0.25) is 27.6 Å². The van der Waals surface area contributed by atoms with Crippen molar-refractivity contribution in [2.75, 3.05) is 6.54 Å². The van der Waals surface area contributed by atoms with E-state index in [2.05, 4.69) is 15.1 Å². The maximum absolute atomic E-state index is 12.6. The molecule has 0 saturated carbocycles. The molecule has 0 bridgehead atoms. The van der Waals surface area contributed by atoms with Gasteiger partial charge < -0.3 is 9.42 Å². The molecule has 0 N–H and O–H groups in total. The zero-order valence-corrected chi connectivity index (χ0v) is 16.0. The number of carbonyl (C=O) groups excluding carboxylic acids is 1. The van der Waals surface area contributed by atoms with Gasteiger partial charge in [0, 0.05) is 19.2 Å². The van der Waals surface area contributed by atoms with Crippen molar-refractivity contribution in [1.29, 1.82) is 0 Å². The normalized spacial score (nSPS) is 23.4. The lowest BCUT2D eigenvalue weighted by Gasteiger charge is -2.25. The van der Waals surface area contributed by atoms with Crippen molar-refractivity contribution in [2.45, 2.75) is 50.6 Å². The molecule has 2 saturated heterocycles. The molecule has 0 aromatic carbocycles. The molecular formula is C17H21N5O4S. The summed E-state index contributed by atoms with van der Waals surface area (Å²) < 4.78 is 31.9. The highest BCUT2D eigenvalue weighted by Gasteiger charge is 2.51. The van der Waals surface area contributed by atoms with Gasteiger partial charge in [0.25, 0.3) is 0 Å². The van der Waals surface area contributed by atoms with Gasteiger partial charge in [-0.3, -0.25) is 9.78 Å². The first-order valence-electron chi connectivity index (χ1n) is 8.92. The second kappa shape index (κ2) is 6.68. The third-order valence-electron chi connectivity index (χ3n) is 5.15. The second-order valence-corrected chi connectivity index (χ2v) is 9.52. The van der Waals surface area contributed by atoms with Crippen molar-refractivity contribution in [3.63, 3.8) is 0 Å². The van der Waals surface area contributed by atoms with Crippen LogP contribution in [-0.2, 0) is 21.4 Å². The van der Waals surface area contributed by atoms with Crippen LogP contribution in [0.4, 0.5) is 0 Å². The number of pyridine rings is 1. The van der Waals surface area contributed by atoms with Crippen molar-refractivity contribution in [3.8, 4) is 11.5 Å². The molecule has 2 atom stereocenters. The fourth-order valence-electron chi connectivity index (χ4n) is 3.75. The highest BCUT2D eigenvalue weighted by molar-refractivity contribution is 7.89. The van der Waals surface area contributed by atoms with E-state index in [1.165, 1.54) is 4.31 Å². The van der Waals surface area contributed by atoms with Crippen LogP contribution in [0.1, 0.15) is 32.6 Å². The SMILES string of the molecule is CC(C)S(=O)(=O)N1CC[C@H]2[C@@H]1CC(=O)N2Cc1nc(-c2ccccn2)no1. The Bertz CT molecular complexity index is 943. The average Bonchev–Trinajstić information content (AvgIpc) is 3.33. The molecule has 2 aliphatic rings. The Morgan fingerprint density at radius 1 is 1.30 bits per heavy atom. The molecule has 144 valence electrons. The van der Waals surface area contributed by atoms with Crippen LogP contribution in [0.25, 0.3) is 11.5 Å². The zero-order chi connectivity index (χ0) is 19.2. The fourth-order valence-corrected chi connectivity index (χ4v) is 5.24. The summed E-state index contributed by atoms with van der Waals surface area (Å²) in [5.74, 6) is 0.588. The fraction of sp³-hybridized carbons (Fsp3) is 0.529. The molecule has 9 nitrogen and oxygen atoms in total. The summed E-state index contributed by atoms with van der Waals surface area (Å²) in [6.45, 7) is 3.93. The number of likely N-dealkylation sites (tertiary alicyclic amines) is 1. The Morgan fingerprint density at radius 2 is 2.11 bits per heavy atom. The largest absolute Gasteiger partial charge is 0.337 e. The summed E-state index contributed by atoms with van der Waals surface area (Å²) in [7, 11) is -3.39. The Balaban J connectivity index is 1.51. The number of carbonyl (C=O) groups is 1. The molecular weight excluding hydrogens is 370 g/mol. The molecule has 0 radical (unpaired) electrons. The predicted molar refractivity (Wildman–Crippen MR) is 95.7 cm³/mol. The van der Waals surface area contributed by atoms with E-state index in [0.29, 0.717) is 30.4 Å². The van der Waals surface area contributed by atoms with Gasteiger partial charge in [0.15, 0.2) is 0 Å². The molecule has 1 amide bonds. The van der Waals surface area contributed by atoms with Crippen molar-refractivity contribution in [1.82, 2.24) is 24.3 Å². The van der Waals surface area contributed by atoms with E-state index < -0.39 is 15.3 Å². The number of sulfonamides is 1. The Hall–Kier alpha value is -2.33. The first kappa shape index (κ1) is 18.1. The zero-order valence-electron chi connectivity index (χ0n) is 15.1. The summed E-state index contributed by atoms with van der Waals surface area (Å²) in [4.78, 5) is 22.7.